The second kappa shape index (κ2) is 3.96. The summed E-state index contributed by atoms with van der Waals surface area (Å²) < 4.78 is 0. The molecule has 3 rings (SSSR count). The molecule has 2 aliphatic rings. The van der Waals surface area contributed by atoms with Crippen LogP contribution in [0.25, 0.3) is 0 Å². The minimum atomic E-state index is 0.623. The molecule has 3 nitrogen and oxygen atoms in total. The quantitative estimate of drug-likeness (QED) is 0.701. The second-order valence-corrected chi connectivity index (χ2v) is 5.09. The lowest BCUT2D eigenvalue weighted by Crippen LogP contribution is -2.34. The van der Waals surface area contributed by atoms with E-state index in [1.807, 2.05) is 6.20 Å². The zero-order valence-electron chi connectivity index (χ0n) is 9.79. The molecule has 1 aliphatic heterocycles. The fraction of sp³-hybridized carbons (Fsp3) is 0.615. The molecule has 1 saturated carbocycles. The van der Waals surface area contributed by atoms with Crippen molar-refractivity contribution in [3.8, 4) is 0 Å². The predicted octanol–water partition coefficient (Wildman–Crippen LogP) is 2.79. The molecule has 1 aromatic heterocycles. The third-order valence-corrected chi connectivity index (χ3v) is 3.81. The Kier molecular flexibility index (Phi) is 2.46. The topological polar surface area (TPSA) is 37.0 Å². The molecule has 0 radical (unpaired) electrons. The molecule has 1 aromatic rings. The van der Waals surface area contributed by atoms with Gasteiger partial charge in [0.25, 0.3) is 0 Å². The van der Waals surface area contributed by atoms with Gasteiger partial charge in [0.2, 0.25) is 0 Å². The third kappa shape index (κ3) is 1.75. The summed E-state index contributed by atoms with van der Waals surface area (Å²) in [6, 6.07) is 2.81. The summed E-state index contributed by atoms with van der Waals surface area (Å²) in [5, 5.41) is 7.16. The first-order valence-corrected chi connectivity index (χ1v) is 6.30. The Hall–Kier alpha value is -1.25. The third-order valence-electron chi connectivity index (χ3n) is 3.81. The van der Waals surface area contributed by atoms with Crippen molar-refractivity contribution in [3.05, 3.63) is 17.8 Å². The zero-order valence-corrected chi connectivity index (χ0v) is 9.79. The van der Waals surface area contributed by atoms with Crippen molar-refractivity contribution < 1.29 is 0 Å². The molecule has 0 aromatic carbocycles. The van der Waals surface area contributed by atoms with E-state index >= 15 is 0 Å². The van der Waals surface area contributed by atoms with Gasteiger partial charge in [-0.05, 0) is 37.3 Å². The highest BCUT2D eigenvalue weighted by atomic mass is 15.1. The van der Waals surface area contributed by atoms with Crippen molar-refractivity contribution in [3.63, 3.8) is 0 Å². The lowest BCUT2D eigenvalue weighted by molar-refractivity contribution is 0.341. The molecule has 1 aliphatic carbocycles. The molecule has 0 saturated heterocycles. The molecule has 86 valence electrons. The van der Waals surface area contributed by atoms with Gasteiger partial charge in [-0.1, -0.05) is 12.8 Å². The van der Waals surface area contributed by atoms with Gasteiger partial charge in [-0.25, -0.2) is 4.98 Å². The van der Waals surface area contributed by atoms with Crippen LogP contribution in [0.5, 0.6) is 0 Å². The Balaban J connectivity index is 1.89. The van der Waals surface area contributed by atoms with Crippen molar-refractivity contribution >= 4 is 11.5 Å². The number of anilines is 2. The lowest BCUT2D eigenvalue weighted by atomic mass is 9.85. The van der Waals surface area contributed by atoms with Crippen LogP contribution in [0.3, 0.4) is 0 Å². The zero-order chi connectivity index (χ0) is 11.0. The number of aromatic nitrogens is 1. The summed E-state index contributed by atoms with van der Waals surface area (Å²) in [6.07, 6.45) is 7.32. The number of pyridine rings is 1. The van der Waals surface area contributed by atoms with Crippen LogP contribution < -0.4 is 10.6 Å². The maximum Gasteiger partial charge on any atom is 0.149 e. The highest BCUT2D eigenvalue weighted by molar-refractivity contribution is 5.66. The summed E-state index contributed by atoms with van der Waals surface area (Å²) in [6.45, 7) is 3.18. The van der Waals surface area contributed by atoms with E-state index in [1.54, 1.807) is 0 Å². The van der Waals surface area contributed by atoms with E-state index in [1.165, 1.54) is 36.9 Å². The Labute approximate surface area is 96.7 Å². The Morgan fingerprint density at radius 2 is 2.19 bits per heavy atom. The Bertz CT molecular complexity index is 389. The van der Waals surface area contributed by atoms with Gasteiger partial charge in [0.05, 0.1) is 5.69 Å². The van der Waals surface area contributed by atoms with E-state index < -0.39 is 0 Å². The van der Waals surface area contributed by atoms with Crippen molar-refractivity contribution in [2.45, 2.75) is 38.6 Å². The largest absolute Gasteiger partial charge is 0.382 e. The van der Waals surface area contributed by atoms with E-state index in [0.29, 0.717) is 6.04 Å². The van der Waals surface area contributed by atoms with Crippen LogP contribution in [0.1, 0.15) is 31.2 Å². The van der Waals surface area contributed by atoms with Crippen molar-refractivity contribution in [1.29, 1.82) is 0 Å². The van der Waals surface area contributed by atoms with Gasteiger partial charge in [0.15, 0.2) is 0 Å². The summed E-state index contributed by atoms with van der Waals surface area (Å²) >= 11 is 0. The SMILES string of the molecule is Cc1cnc2c(c1)NCC1CCCCC1N2. The first-order chi connectivity index (χ1) is 7.83. The van der Waals surface area contributed by atoms with Gasteiger partial charge in [-0.2, -0.15) is 0 Å². The summed E-state index contributed by atoms with van der Waals surface area (Å²) in [7, 11) is 0. The lowest BCUT2D eigenvalue weighted by Gasteiger charge is -2.30. The van der Waals surface area contributed by atoms with E-state index in [0.717, 1.165) is 18.3 Å². The van der Waals surface area contributed by atoms with Gasteiger partial charge in [-0.15, -0.1) is 0 Å². The van der Waals surface area contributed by atoms with Gasteiger partial charge in [0.1, 0.15) is 5.82 Å². The number of hydrogen-bond acceptors (Lipinski definition) is 3. The fourth-order valence-corrected chi connectivity index (χ4v) is 2.88. The molecule has 1 fully saturated rings. The predicted molar refractivity (Wildman–Crippen MR) is 66.8 cm³/mol. The van der Waals surface area contributed by atoms with E-state index in [-0.39, 0.29) is 0 Å². The normalized spacial score (nSPS) is 28.1. The Morgan fingerprint density at radius 1 is 1.31 bits per heavy atom. The molecule has 2 unspecified atom stereocenters. The highest BCUT2D eigenvalue weighted by Gasteiger charge is 2.28. The van der Waals surface area contributed by atoms with Crippen LogP contribution in [-0.4, -0.2) is 17.6 Å². The molecule has 2 atom stereocenters. The summed E-state index contributed by atoms with van der Waals surface area (Å²) in [5.74, 6) is 1.81. The molecule has 2 N–H and O–H groups in total. The van der Waals surface area contributed by atoms with Gasteiger partial charge in [-0.3, -0.25) is 0 Å². The maximum absolute atomic E-state index is 4.50. The summed E-state index contributed by atoms with van der Waals surface area (Å²) in [5.41, 5.74) is 2.40. The van der Waals surface area contributed by atoms with E-state index in [4.69, 9.17) is 0 Å². The second-order valence-electron chi connectivity index (χ2n) is 5.09. The van der Waals surface area contributed by atoms with Gasteiger partial charge >= 0.3 is 0 Å². The van der Waals surface area contributed by atoms with Crippen LogP contribution in [0, 0.1) is 12.8 Å². The van der Waals surface area contributed by atoms with E-state index in [2.05, 4.69) is 28.6 Å². The van der Waals surface area contributed by atoms with Crippen LogP contribution >= 0.6 is 0 Å². The molecule has 0 bridgehead atoms. The van der Waals surface area contributed by atoms with Gasteiger partial charge in [0, 0.05) is 18.8 Å². The fourth-order valence-electron chi connectivity index (χ4n) is 2.88. The minimum absolute atomic E-state index is 0.623. The average Bonchev–Trinajstić information content (AvgIpc) is 2.48. The molecule has 0 amide bonds. The number of rotatable bonds is 0. The average molecular weight is 217 g/mol. The number of nitrogens with one attached hydrogen (secondary N) is 2. The molecule has 0 spiro atoms. The Morgan fingerprint density at radius 3 is 3.12 bits per heavy atom. The molecule has 2 heterocycles. The van der Waals surface area contributed by atoms with Crippen LogP contribution in [0.15, 0.2) is 12.3 Å². The maximum atomic E-state index is 4.50. The number of hydrogen-bond donors (Lipinski definition) is 2. The van der Waals surface area contributed by atoms with Crippen LogP contribution in [-0.2, 0) is 0 Å². The first kappa shape index (κ1) is 9.94. The van der Waals surface area contributed by atoms with E-state index in [9.17, 15) is 0 Å². The molecular weight excluding hydrogens is 198 g/mol. The number of nitrogens with zero attached hydrogens (tertiary/aromatic N) is 1. The smallest absolute Gasteiger partial charge is 0.149 e. The van der Waals surface area contributed by atoms with Crippen molar-refractivity contribution in [2.24, 2.45) is 5.92 Å². The molecule has 3 heteroatoms. The first-order valence-electron chi connectivity index (χ1n) is 6.30. The molecule has 16 heavy (non-hydrogen) atoms. The summed E-state index contributed by atoms with van der Waals surface area (Å²) in [4.78, 5) is 4.50. The number of fused-ring (bicyclic) bond motifs is 2. The van der Waals surface area contributed by atoms with Gasteiger partial charge < -0.3 is 10.6 Å². The van der Waals surface area contributed by atoms with Crippen molar-refractivity contribution in [1.82, 2.24) is 4.98 Å². The van der Waals surface area contributed by atoms with Crippen LogP contribution in [0.2, 0.25) is 0 Å². The van der Waals surface area contributed by atoms with Crippen LogP contribution in [0.4, 0.5) is 11.5 Å². The number of aryl methyl sites for hydroxylation is 1. The monoisotopic (exact) mass is 217 g/mol. The molecular formula is C13H19N3. The standard InChI is InChI=1S/C13H19N3/c1-9-6-12-13(15-7-9)16-11-5-3-2-4-10(11)8-14-12/h6-7,10-11,14H,2-5,8H2,1H3,(H,15,16). The highest BCUT2D eigenvalue weighted by Crippen LogP contribution is 2.32. The van der Waals surface area contributed by atoms with Crippen molar-refractivity contribution in [2.75, 3.05) is 17.2 Å². The minimum Gasteiger partial charge on any atom is -0.382 e.